The molecule has 2 aliphatic carbocycles. The van der Waals surface area contributed by atoms with Crippen LogP contribution in [0, 0.1) is 17.2 Å². The maximum absolute atomic E-state index is 14.7. The Bertz CT molecular complexity index is 1530. The highest BCUT2D eigenvalue weighted by molar-refractivity contribution is 7.91. The van der Waals surface area contributed by atoms with Gasteiger partial charge in [-0.15, -0.1) is 11.3 Å². The highest BCUT2D eigenvalue weighted by Gasteiger charge is 2.48. The fraction of sp³-hybridized carbons (Fsp3) is 0.448. The quantitative estimate of drug-likeness (QED) is 0.457. The second kappa shape index (κ2) is 10.6. The van der Waals surface area contributed by atoms with E-state index in [2.05, 4.69) is 21.3 Å². The third-order valence-corrected chi connectivity index (χ3v) is 11.0. The Hall–Kier alpha value is -3.36. The van der Waals surface area contributed by atoms with Gasteiger partial charge in [-0.3, -0.25) is 9.78 Å². The molecule has 6 rings (SSSR count). The molecule has 0 spiro atoms. The van der Waals surface area contributed by atoms with Crippen LogP contribution < -0.4 is 10.2 Å². The van der Waals surface area contributed by atoms with Crippen molar-refractivity contribution in [3.05, 3.63) is 54.5 Å². The Labute approximate surface area is 237 Å². The van der Waals surface area contributed by atoms with Gasteiger partial charge in [0.25, 0.3) is 0 Å². The molecular weight excluding hydrogens is 549 g/mol. The minimum atomic E-state index is -2.97. The van der Waals surface area contributed by atoms with Gasteiger partial charge in [-0.05, 0) is 61.9 Å². The second-order valence-electron chi connectivity index (χ2n) is 11.0. The number of hydrogen-bond acceptors (Lipinski definition) is 8. The van der Waals surface area contributed by atoms with Crippen LogP contribution in [0.25, 0.3) is 21.0 Å². The van der Waals surface area contributed by atoms with Crippen molar-refractivity contribution in [1.29, 1.82) is 5.26 Å². The lowest BCUT2D eigenvalue weighted by molar-refractivity contribution is -0.128. The van der Waals surface area contributed by atoms with Gasteiger partial charge in [0, 0.05) is 48.6 Å². The van der Waals surface area contributed by atoms with Crippen molar-refractivity contribution in [2.45, 2.75) is 49.7 Å². The van der Waals surface area contributed by atoms with Crippen LogP contribution in [-0.2, 0) is 14.6 Å². The van der Waals surface area contributed by atoms with Gasteiger partial charge in [-0.2, -0.15) is 5.26 Å². The number of benzene rings is 1. The maximum atomic E-state index is 14.7. The standard InChI is InChI=1S/C29H30FN5O3S2/c30-21-5-8-23(24(16-21)27(36)34-29(18-31)9-10-29)25-26(39-28(33-25)20-2-1-11-32-17-20)19-3-6-22(7-4-19)35-12-14-40(37,38)15-13-35/h1-4,6-7,11,17,21,23-24H,5,8-10,12-16H2,(H,34,36)/t21-,23+,24+/m0/s1. The Kier molecular flexibility index (Phi) is 7.09. The van der Waals surface area contributed by atoms with Gasteiger partial charge < -0.3 is 10.2 Å². The van der Waals surface area contributed by atoms with E-state index < -0.39 is 27.5 Å². The number of nitrogens with zero attached hydrogens (tertiary/aromatic N) is 4. The number of anilines is 1. The average molecular weight is 580 g/mol. The number of nitriles is 1. The molecule has 3 heterocycles. The van der Waals surface area contributed by atoms with Crippen LogP contribution in [0.2, 0.25) is 0 Å². The van der Waals surface area contributed by atoms with E-state index in [1.807, 2.05) is 36.4 Å². The van der Waals surface area contributed by atoms with Crippen LogP contribution in [0.3, 0.4) is 0 Å². The van der Waals surface area contributed by atoms with Crippen molar-refractivity contribution in [3.8, 4) is 27.1 Å². The lowest BCUT2D eigenvalue weighted by Gasteiger charge is -2.32. The lowest BCUT2D eigenvalue weighted by Crippen LogP contribution is -2.44. The number of aromatic nitrogens is 2. The van der Waals surface area contributed by atoms with Gasteiger partial charge >= 0.3 is 0 Å². The Morgan fingerprint density at radius 1 is 1.12 bits per heavy atom. The van der Waals surface area contributed by atoms with E-state index in [-0.39, 0.29) is 29.8 Å². The van der Waals surface area contributed by atoms with E-state index in [1.165, 1.54) is 11.3 Å². The van der Waals surface area contributed by atoms with Crippen LogP contribution >= 0.6 is 11.3 Å². The number of carbonyl (C=O) groups excluding carboxylic acids is 1. The fourth-order valence-corrected chi connectivity index (χ4v) is 7.98. The number of amides is 1. The molecule has 3 aromatic rings. The normalized spacial score (nSPS) is 25.1. The van der Waals surface area contributed by atoms with Gasteiger partial charge in [-0.1, -0.05) is 12.1 Å². The second-order valence-corrected chi connectivity index (χ2v) is 14.3. The highest BCUT2D eigenvalue weighted by Crippen LogP contribution is 2.47. The summed E-state index contributed by atoms with van der Waals surface area (Å²) >= 11 is 1.52. The molecular formula is C29H30FN5O3S2. The highest BCUT2D eigenvalue weighted by atomic mass is 32.2. The first-order chi connectivity index (χ1) is 19.3. The zero-order valence-electron chi connectivity index (χ0n) is 21.9. The summed E-state index contributed by atoms with van der Waals surface area (Å²) in [6.07, 6.45) is 4.57. The Balaban J connectivity index is 1.35. The number of nitrogens with one attached hydrogen (secondary N) is 1. The Morgan fingerprint density at radius 2 is 1.88 bits per heavy atom. The average Bonchev–Trinajstić information content (AvgIpc) is 3.60. The van der Waals surface area contributed by atoms with Gasteiger partial charge in [0.2, 0.25) is 5.91 Å². The SMILES string of the molecule is N#CC1(NC(=O)[C@@H]2C[C@@H](F)CC[C@H]2c2nc(-c3cccnc3)sc2-c2ccc(N3CCS(=O)(=O)CC3)cc2)CC1. The predicted molar refractivity (Wildman–Crippen MR) is 152 cm³/mol. The molecule has 40 heavy (non-hydrogen) atoms. The number of hydrogen-bond donors (Lipinski definition) is 1. The van der Waals surface area contributed by atoms with E-state index in [4.69, 9.17) is 4.98 Å². The summed E-state index contributed by atoms with van der Waals surface area (Å²) in [5, 5.41) is 13.2. The molecule has 8 nitrogen and oxygen atoms in total. The van der Waals surface area contributed by atoms with E-state index in [0.717, 1.165) is 32.4 Å². The van der Waals surface area contributed by atoms with Gasteiger partial charge in [0.15, 0.2) is 9.84 Å². The minimum Gasteiger partial charge on any atom is -0.369 e. The van der Waals surface area contributed by atoms with Crippen molar-refractivity contribution < 1.29 is 17.6 Å². The first-order valence-electron chi connectivity index (χ1n) is 13.6. The van der Waals surface area contributed by atoms with Crippen molar-refractivity contribution in [3.63, 3.8) is 0 Å². The van der Waals surface area contributed by atoms with Crippen molar-refractivity contribution in [2.75, 3.05) is 29.5 Å². The van der Waals surface area contributed by atoms with E-state index in [9.17, 15) is 22.9 Å². The zero-order chi connectivity index (χ0) is 27.9. The van der Waals surface area contributed by atoms with Crippen LogP contribution in [0.1, 0.15) is 43.7 Å². The largest absolute Gasteiger partial charge is 0.369 e. The van der Waals surface area contributed by atoms with Crippen LogP contribution in [0.5, 0.6) is 0 Å². The molecule has 11 heteroatoms. The molecule has 1 N–H and O–H groups in total. The molecule has 3 atom stereocenters. The smallest absolute Gasteiger partial charge is 0.225 e. The number of carbonyl (C=O) groups is 1. The molecule has 1 amide bonds. The van der Waals surface area contributed by atoms with Crippen molar-refractivity contribution in [1.82, 2.24) is 15.3 Å². The molecule has 0 radical (unpaired) electrons. The summed E-state index contributed by atoms with van der Waals surface area (Å²) in [6, 6.07) is 14.0. The third kappa shape index (κ3) is 5.47. The molecule has 3 fully saturated rings. The predicted octanol–water partition coefficient (Wildman–Crippen LogP) is 4.50. The monoisotopic (exact) mass is 579 g/mol. The summed E-state index contributed by atoms with van der Waals surface area (Å²) in [6.45, 7) is 0.929. The van der Waals surface area contributed by atoms with Crippen LogP contribution in [0.15, 0.2) is 48.8 Å². The summed E-state index contributed by atoms with van der Waals surface area (Å²) in [5.41, 5.74) is 2.72. The van der Waals surface area contributed by atoms with E-state index >= 15 is 0 Å². The summed E-state index contributed by atoms with van der Waals surface area (Å²) in [5.74, 6) is -0.882. The first kappa shape index (κ1) is 26.8. The first-order valence-corrected chi connectivity index (χ1v) is 16.2. The molecule has 1 aliphatic heterocycles. The third-order valence-electron chi connectivity index (χ3n) is 8.20. The summed E-state index contributed by atoms with van der Waals surface area (Å²) < 4.78 is 38.4. The molecule has 2 saturated carbocycles. The summed E-state index contributed by atoms with van der Waals surface area (Å²) in [4.78, 5) is 25.7. The zero-order valence-corrected chi connectivity index (χ0v) is 23.6. The molecule has 1 saturated heterocycles. The minimum absolute atomic E-state index is 0.105. The van der Waals surface area contributed by atoms with E-state index in [1.54, 1.807) is 12.4 Å². The van der Waals surface area contributed by atoms with E-state index in [0.29, 0.717) is 38.8 Å². The number of alkyl halides is 1. The van der Waals surface area contributed by atoms with Gasteiger partial charge in [0.05, 0.1) is 28.1 Å². The number of halogens is 1. The van der Waals surface area contributed by atoms with Gasteiger partial charge in [0.1, 0.15) is 16.7 Å². The van der Waals surface area contributed by atoms with Crippen molar-refractivity contribution in [2.24, 2.45) is 5.92 Å². The number of pyridine rings is 1. The van der Waals surface area contributed by atoms with Crippen molar-refractivity contribution >= 4 is 32.8 Å². The molecule has 3 aliphatic rings. The topological polar surface area (TPSA) is 116 Å². The molecule has 0 bridgehead atoms. The maximum Gasteiger partial charge on any atom is 0.225 e. The van der Waals surface area contributed by atoms with Crippen LogP contribution in [0.4, 0.5) is 10.1 Å². The van der Waals surface area contributed by atoms with Gasteiger partial charge in [-0.25, -0.2) is 17.8 Å². The molecule has 1 aromatic carbocycles. The fourth-order valence-electron chi connectivity index (χ4n) is 5.65. The van der Waals surface area contributed by atoms with Crippen LogP contribution in [-0.4, -0.2) is 60.6 Å². The molecule has 2 aromatic heterocycles. The summed E-state index contributed by atoms with van der Waals surface area (Å²) in [7, 11) is -2.97. The lowest BCUT2D eigenvalue weighted by atomic mass is 9.75. The molecule has 208 valence electrons. The number of rotatable bonds is 6. The molecule has 0 unspecified atom stereocenters. The number of sulfone groups is 1. The Morgan fingerprint density at radius 3 is 2.52 bits per heavy atom. The number of thiazole rings is 1.